The molecular weight excluding hydrogens is 318 g/mol. The Balaban J connectivity index is 1.49. The van der Waals surface area contributed by atoms with E-state index in [0.29, 0.717) is 42.8 Å². The van der Waals surface area contributed by atoms with Gasteiger partial charge in [0.1, 0.15) is 6.26 Å². The highest BCUT2D eigenvalue weighted by atomic mass is 16.3. The fourth-order valence-electron chi connectivity index (χ4n) is 3.13. The number of furan rings is 1. The molecule has 1 aromatic carbocycles. The lowest BCUT2D eigenvalue weighted by atomic mass is 10.1. The number of rotatable bonds is 2. The van der Waals surface area contributed by atoms with Gasteiger partial charge in [0, 0.05) is 37.8 Å². The van der Waals surface area contributed by atoms with E-state index in [0.717, 1.165) is 5.39 Å². The van der Waals surface area contributed by atoms with Gasteiger partial charge in [-0.1, -0.05) is 18.2 Å². The van der Waals surface area contributed by atoms with Crippen molar-refractivity contribution in [2.45, 2.75) is 0 Å². The second-order valence-corrected chi connectivity index (χ2v) is 5.98. The number of benzene rings is 1. The molecule has 2 aromatic heterocycles. The molecule has 0 spiro atoms. The van der Waals surface area contributed by atoms with Crippen LogP contribution in [0.1, 0.15) is 20.7 Å². The standard InChI is InChI=1S/C19H17N3O3/c23-18(15-6-12-25-13-15)21-8-10-22(11-9-21)19(24)16-5-1-3-14-4-2-7-20-17(14)16/h1-7,12-13H,8-11H2. The number of carbonyl (C=O) groups excluding carboxylic acids is 2. The van der Waals surface area contributed by atoms with Gasteiger partial charge in [-0.05, 0) is 18.2 Å². The lowest BCUT2D eigenvalue weighted by Crippen LogP contribution is -2.50. The Morgan fingerprint density at radius 1 is 0.920 bits per heavy atom. The molecule has 0 atom stereocenters. The minimum Gasteiger partial charge on any atom is -0.472 e. The van der Waals surface area contributed by atoms with Crippen molar-refractivity contribution in [2.24, 2.45) is 0 Å². The summed E-state index contributed by atoms with van der Waals surface area (Å²) in [6, 6.07) is 11.1. The molecule has 6 nitrogen and oxygen atoms in total. The number of pyridine rings is 1. The molecular formula is C19H17N3O3. The van der Waals surface area contributed by atoms with E-state index in [1.807, 2.05) is 24.3 Å². The first-order valence-electron chi connectivity index (χ1n) is 8.18. The molecule has 1 fully saturated rings. The molecule has 6 heteroatoms. The third kappa shape index (κ3) is 2.87. The summed E-state index contributed by atoms with van der Waals surface area (Å²) >= 11 is 0. The maximum absolute atomic E-state index is 12.9. The van der Waals surface area contributed by atoms with E-state index in [9.17, 15) is 9.59 Å². The van der Waals surface area contributed by atoms with E-state index >= 15 is 0 Å². The number of fused-ring (bicyclic) bond motifs is 1. The van der Waals surface area contributed by atoms with E-state index in [1.165, 1.54) is 12.5 Å². The highest BCUT2D eigenvalue weighted by Gasteiger charge is 2.26. The fourth-order valence-corrected chi connectivity index (χ4v) is 3.13. The molecule has 1 aliphatic heterocycles. The van der Waals surface area contributed by atoms with Crippen LogP contribution < -0.4 is 0 Å². The van der Waals surface area contributed by atoms with Gasteiger partial charge < -0.3 is 14.2 Å². The van der Waals surface area contributed by atoms with Crippen molar-refractivity contribution in [3.63, 3.8) is 0 Å². The van der Waals surface area contributed by atoms with Gasteiger partial charge in [-0.2, -0.15) is 0 Å². The molecule has 0 saturated carbocycles. The normalized spacial score (nSPS) is 14.7. The van der Waals surface area contributed by atoms with E-state index in [1.54, 1.807) is 28.1 Å². The molecule has 0 radical (unpaired) electrons. The number of para-hydroxylation sites is 1. The van der Waals surface area contributed by atoms with Crippen LogP contribution in [-0.4, -0.2) is 52.8 Å². The zero-order valence-electron chi connectivity index (χ0n) is 13.6. The Hall–Kier alpha value is -3.15. The van der Waals surface area contributed by atoms with Crippen LogP contribution in [0.3, 0.4) is 0 Å². The first kappa shape index (κ1) is 15.4. The lowest BCUT2D eigenvalue weighted by molar-refractivity contribution is 0.0536. The molecule has 25 heavy (non-hydrogen) atoms. The first-order valence-corrected chi connectivity index (χ1v) is 8.18. The number of aromatic nitrogens is 1. The molecule has 2 amide bonds. The minimum atomic E-state index is -0.0623. The minimum absolute atomic E-state index is 0.0419. The number of hydrogen-bond donors (Lipinski definition) is 0. The third-order valence-corrected chi connectivity index (χ3v) is 4.49. The highest BCUT2D eigenvalue weighted by molar-refractivity contribution is 6.05. The smallest absolute Gasteiger partial charge is 0.257 e. The quantitative estimate of drug-likeness (QED) is 0.721. The third-order valence-electron chi connectivity index (χ3n) is 4.49. The van der Waals surface area contributed by atoms with Crippen LogP contribution >= 0.6 is 0 Å². The molecule has 0 aliphatic carbocycles. The topological polar surface area (TPSA) is 66.7 Å². The van der Waals surface area contributed by atoms with Gasteiger partial charge in [0.05, 0.1) is 22.9 Å². The first-order chi connectivity index (χ1) is 12.2. The predicted molar refractivity (Wildman–Crippen MR) is 92.3 cm³/mol. The molecule has 126 valence electrons. The van der Waals surface area contributed by atoms with Crippen LogP contribution in [0.15, 0.2) is 59.5 Å². The second-order valence-electron chi connectivity index (χ2n) is 5.98. The van der Waals surface area contributed by atoms with E-state index < -0.39 is 0 Å². The van der Waals surface area contributed by atoms with Crippen molar-refractivity contribution in [1.82, 2.24) is 14.8 Å². The van der Waals surface area contributed by atoms with Gasteiger partial charge in [-0.25, -0.2) is 0 Å². The number of carbonyl (C=O) groups is 2. The summed E-state index contributed by atoms with van der Waals surface area (Å²) in [5.41, 5.74) is 1.86. The number of piperazine rings is 1. The highest BCUT2D eigenvalue weighted by Crippen LogP contribution is 2.19. The Labute approximate surface area is 144 Å². The van der Waals surface area contributed by atoms with Crippen molar-refractivity contribution in [1.29, 1.82) is 0 Å². The van der Waals surface area contributed by atoms with Gasteiger partial charge in [0.25, 0.3) is 11.8 Å². The average Bonchev–Trinajstić information content (AvgIpc) is 3.21. The summed E-state index contributed by atoms with van der Waals surface area (Å²) in [6.07, 6.45) is 4.63. The summed E-state index contributed by atoms with van der Waals surface area (Å²) in [7, 11) is 0. The Bertz CT molecular complexity index is 907. The monoisotopic (exact) mass is 335 g/mol. The van der Waals surface area contributed by atoms with E-state index in [-0.39, 0.29) is 11.8 Å². The lowest BCUT2D eigenvalue weighted by Gasteiger charge is -2.34. The Kier molecular flexibility index (Phi) is 3.93. The second kappa shape index (κ2) is 6.39. The van der Waals surface area contributed by atoms with Crippen molar-refractivity contribution in [3.8, 4) is 0 Å². The summed E-state index contributed by atoms with van der Waals surface area (Å²) in [6.45, 7) is 2.03. The van der Waals surface area contributed by atoms with Crippen molar-refractivity contribution < 1.29 is 14.0 Å². The van der Waals surface area contributed by atoms with E-state index in [2.05, 4.69) is 4.98 Å². The zero-order valence-corrected chi connectivity index (χ0v) is 13.6. The Morgan fingerprint density at radius 2 is 1.64 bits per heavy atom. The maximum atomic E-state index is 12.9. The molecule has 3 aromatic rings. The summed E-state index contributed by atoms with van der Waals surface area (Å²) in [4.78, 5) is 33.1. The van der Waals surface area contributed by atoms with Gasteiger partial charge >= 0.3 is 0 Å². The van der Waals surface area contributed by atoms with Crippen LogP contribution in [0.4, 0.5) is 0 Å². The van der Waals surface area contributed by atoms with Crippen molar-refractivity contribution in [2.75, 3.05) is 26.2 Å². The van der Waals surface area contributed by atoms with Crippen LogP contribution in [0.2, 0.25) is 0 Å². The van der Waals surface area contributed by atoms with Crippen molar-refractivity contribution >= 4 is 22.7 Å². The number of nitrogens with zero attached hydrogens (tertiary/aromatic N) is 3. The van der Waals surface area contributed by atoms with E-state index in [4.69, 9.17) is 4.42 Å². The number of hydrogen-bond acceptors (Lipinski definition) is 4. The van der Waals surface area contributed by atoms with Gasteiger partial charge in [-0.3, -0.25) is 14.6 Å². The predicted octanol–water partition coefficient (Wildman–Crippen LogP) is 2.43. The molecule has 1 aliphatic rings. The SMILES string of the molecule is O=C(c1ccoc1)N1CCN(C(=O)c2cccc3cccnc23)CC1. The van der Waals surface area contributed by atoms with Gasteiger partial charge in [0.15, 0.2) is 0 Å². The molecule has 0 N–H and O–H groups in total. The average molecular weight is 335 g/mol. The van der Waals surface area contributed by atoms with Gasteiger partial charge in [-0.15, -0.1) is 0 Å². The molecule has 4 rings (SSSR count). The van der Waals surface area contributed by atoms with Gasteiger partial charge in [0.2, 0.25) is 0 Å². The Morgan fingerprint density at radius 3 is 2.36 bits per heavy atom. The fraction of sp³-hybridized carbons (Fsp3) is 0.211. The summed E-state index contributed by atoms with van der Waals surface area (Å²) in [5.74, 6) is -0.104. The van der Waals surface area contributed by atoms with Crippen LogP contribution in [-0.2, 0) is 0 Å². The summed E-state index contributed by atoms with van der Waals surface area (Å²) < 4.78 is 4.97. The zero-order chi connectivity index (χ0) is 17.2. The molecule has 1 saturated heterocycles. The molecule has 0 bridgehead atoms. The number of amides is 2. The van der Waals surface area contributed by atoms with Crippen LogP contribution in [0.5, 0.6) is 0 Å². The maximum Gasteiger partial charge on any atom is 0.257 e. The van der Waals surface area contributed by atoms with Crippen molar-refractivity contribution in [3.05, 3.63) is 66.2 Å². The largest absolute Gasteiger partial charge is 0.472 e. The molecule has 3 heterocycles. The van der Waals surface area contributed by atoms with Crippen LogP contribution in [0, 0.1) is 0 Å². The van der Waals surface area contributed by atoms with Crippen LogP contribution in [0.25, 0.3) is 10.9 Å². The summed E-state index contributed by atoms with van der Waals surface area (Å²) in [5, 5.41) is 0.946. The molecule has 0 unspecified atom stereocenters.